The minimum atomic E-state index is -0.446. The van der Waals surface area contributed by atoms with Crippen LogP contribution >= 0.6 is 0 Å². The van der Waals surface area contributed by atoms with Crippen molar-refractivity contribution in [2.75, 3.05) is 13.1 Å². The Labute approximate surface area is 77.3 Å². The zero-order valence-corrected chi connectivity index (χ0v) is 7.89. The van der Waals surface area contributed by atoms with Crippen molar-refractivity contribution in [2.24, 2.45) is 0 Å². The van der Waals surface area contributed by atoms with E-state index in [2.05, 4.69) is 16.0 Å². The van der Waals surface area contributed by atoms with Crippen LogP contribution in [0.15, 0.2) is 0 Å². The van der Waals surface area contributed by atoms with Gasteiger partial charge < -0.3 is 16.0 Å². The molecule has 0 bridgehead atoms. The van der Waals surface area contributed by atoms with Crippen LogP contribution in [0.25, 0.3) is 0 Å². The van der Waals surface area contributed by atoms with Crippen LogP contribution in [0.3, 0.4) is 0 Å². The molecule has 0 spiro atoms. The Morgan fingerprint density at radius 2 is 2.08 bits per heavy atom. The second-order valence-corrected chi connectivity index (χ2v) is 3.29. The van der Waals surface area contributed by atoms with E-state index in [9.17, 15) is 9.59 Å². The molecule has 1 aliphatic heterocycles. The Morgan fingerprint density at radius 1 is 1.46 bits per heavy atom. The Morgan fingerprint density at radius 3 is 2.46 bits per heavy atom. The highest BCUT2D eigenvalue weighted by Gasteiger charge is 2.21. The van der Waals surface area contributed by atoms with E-state index in [1.807, 2.05) is 0 Å². The molecule has 13 heavy (non-hydrogen) atoms. The van der Waals surface area contributed by atoms with Crippen molar-refractivity contribution in [1.29, 1.82) is 0 Å². The summed E-state index contributed by atoms with van der Waals surface area (Å²) in [6.07, 6.45) is 0. The first-order valence-electron chi connectivity index (χ1n) is 4.38. The number of amides is 2. The fourth-order valence-electron chi connectivity index (χ4n) is 1.09. The van der Waals surface area contributed by atoms with Crippen molar-refractivity contribution in [3.8, 4) is 0 Å². The fraction of sp³-hybridized carbons (Fsp3) is 0.750. The molecule has 2 amide bonds. The first-order valence-corrected chi connectivity index (χ1v) is 4.38. The van der Waals surface area contributed by atoms with Gasteiger partial charge >= 0.3 is 0 Å². The van der Waals surface area contributed by atoms with Gasteiger partial charge in [0.15, 0.2) is 0 Å². The van der Waals surface area contributed by atoms with Crippen molar-refractivity contribution in [2.45, 2.75) is 25.9 Å². The Hall–Kier alpha value is -1.10. The summed E-state index contributed by atoms with van der Waals surface area (Å²) in [5.74, 6) is -0.309. The Balaban J connectivity index is 2.24. The summed E-state index contributed by atoms with van der Waals surface area (Å²) in [4.78, 5) is 22.0. The minimum Gasteiger partial charge on any atom is -0.349 e. The molecule has 1 rings (SSSR count). The first-order chi connectivity index (χ1) is 6.09. The number of nitrogens with one attached hydrogen (secondary N) is 3. The van der Waals surface area contributed by atoms with Crippen LogP contribution in [0.5, 0.6) is 0 Å². The molecule has 1 saturated heterocycles. The summed E-state index contributed by atoms with van der Waals surface area (Å²) in [5, 5.41) is 8.37. The highest BCUT2D eigenvalue weighted by molar-refractivity contribution is 5.86. The molecule has 1 unspecified atom stereocenters. The lowest BCUT2D eigenvalue weighted by Crippen LogP contribution is -2.59. The molecule has 0 aromatic rings. The van der Waals surface area contributed by atoms with Gasteiger partial charge in [-0.2, -0.15) is 0 Å². The Bertz CT molecular complexity index is 213. The van der Waals surface area contributed by atoms with Gasteiger partial charge in [-0.15, -0.1) is 0 Å². The average molecular weight is 185 g/mol. The molecule has 1 aliphatic rings. The van der Waals surface area contributed by atoms with Gasteiger partial charge in [-0.3, -0.25) is 9.59 Å². The lowest BCUT2D eigenvalue weighted by molar-refractivity contribution is -0.128. The van der Waals surface area contributed by atoms with E-state index in [1.165, 1.54) is 6.92 Å². The van der Waals surface area contributed by atoms with Crippen LogP contribution in [0, 0.1) is 0 Å². The standard InChI is InChI=1S/C8H15N3O2/c1-5(10-6(2)12)8(13)11-7-3-9-4-7/h5,7,9H,3-4H2,1-2H3,(H,10,12)(H,11,13). The van der Waals surface area contributed by atoms with Gasteiger partial charge in [0, 0.05) is 20.0 Å². The van der Waals surface area contributed by atoms with E-state index in [0.717, 1.165) is 13.1 Å². The molecule has 0 saturated carbocycles. The molecule has 1 heterocycles. The molecule has 0 radical (unpaired) electrons. The molecule has 0 aromatic heterocycles. The van der Waals surface area contributed by atoms with Crippen LogP contribution in [0.4, 0.5) is 0 Å². The van der Waals surface area contributed by atoms with Gasteiger partial charge in [-0.25, -0.2) is 0 Å². The molecule has 0 aliphatic carbocycles. The molecule has 0 aromatic carbocycles. The van der Waals surface area contributed by atoms with Crippen LogP contribution in [0.1, 0.15) is 13.8 Å². The zero-order chi connectivity index (χ0) is 9.84. The van der Waals surface area contributed by atoms with Crippen molar-refractivity contribution in [3.05, 3.63) is 0 Å². The normalized spacial score (nSPS) is 18.6. The summed E-state index contributed by atoms with van der Waals surface area (Å²) in [7, 11) is 0. The monoisotopic (exact) mass is 185 g/mol. The van der Waals surface area contributed by atoms with Crippen LogP contribution in [-0.2, 0) is 9.59 Å². The summed E-state index contributed by atoms with van der Waals surface area (Å²) in [5.41, 5.74) is 0. The number of hydrogen-bond acceptors (Lipinski definition) is 3. The van der Waals surface area contributed by atoms with E-state index in [-0.39, 0.29) is 17.9 Å². The van der Waals surface area contributed by atoms with E-state index >= 15 is 0 Å². The van der Waals surface area contributed by atoms with Crippen LogP contribution < -0.4 is 16.0 Å². The molecule has 1 fully saturated rings. The van der Waals surface area contributed by atoms with Crippen molar-refractivity contribution in [3.63, 3.8) is 0 Å². The molecule has 3 N–H and O–H groups in total. The molecular formula is C8H15N3O2. The van der Waals surface area contributed by atoms with Gasteiger partial charge in [0.05, 0.1) is 6.04 Å². The third kappa shape index (κ3) is 3.02. The summed E-state index contributed by atoms with van der Waals surface area (Å²) in [6.45, 7) is 4.70. The second kappa shape index (κ2) is 4.23. The smallest absolute Gasteiger partial charge is 0.242 e. The molecule has 5 heteroatoms. The molecule has 5 nitrogen and oxygen atoms in total. The number of carbonyl (C=O) groups is 2. The summed E-state index contributed by atoms with van der Waals surface area (Å²) >= 11 is 0. The Kier molecular flexibility index (Phi) is 3.25. The maximum atomic E-state index is 11.3. The fourth-order valence-corrected chi connectivity index (χ4v) is 1.09. The zero-order valence-electron chi connectivity index (χ0n) is 7.89. The average Bonchev–Trinajstić information content (AvgIpc) is 1.94. The maximum absolute atomic E-state index is 11.3. The maximum Gasteiger partial charge on any atom is 0.242 e. The topological polar surface area (TPSA) is 70.2 Å². The first kappa shape index (κ1) is 9.98. The van der Waals surface area contributed by atoms with Gasteiger partial charge in [-0.1, -0.05) is 0 Å². The summed E-state index contributed by atoms with van der Waals surface area (Å²) in [6, 6.07) is -0.221. The second-order valence-electron chi connectivity index (χ2n) is 3.29. The third-order valence-corrected chi connectivity index (χ3v) is 1.94. The minimum absolute atomic E-state index is 0.123. The largest absolute Gasteiger partial charge is 0.349 e. The SMILES string of the molecule is CC(=O)NC(C)C(=O)NC1CNC1. The molecule has 1 atom stereocenters. The molecular weight excluding hydrogens is 170 g/mol. The lowest BCUT2D eigenvalue weighted by Gasteiger charge is -2.29. The number of rotatable bonds is 3. The van der Waals surface area contributed by atoms with E-state index in [0.29, 0.717) is 0 Å². The van der Waals surface area contributed by atoms with Crippen molar-refractivity contribution < 1.29 is 9.59 Å². The third-order valence-electron chi connectivity index (χ3n) is 1.94. The van der Waals surface area contributed by atoms with Crippen LogP contribution in [0.2, 0.25) is 0 Å². The van der Waals surface area contributed by atoms with E-state index in [1.54, 1.807) is 6.92 Å². The number of carbonyl (C=O) groups excluding carboxylic acids is 2. The van der Waals surface area contributed by atoms with Gasteiger partial charge in [0.2, 0.25) is 11.8 Å². The van der Waals surface area contributed by atoms with Gasteiger partial charge in [0.25, 0.3) is 0 Å². The number of hydrogen-bond donors (Lipinski definition) is 3. The van der Waals surface area contributed by atoms with Gasteiger partial charge in [-0.05, 0) is 6.92 Å². The van der Waals surface area contributed by atoms with E-state index < -0.39 is 6.04 Å². The lowest BCUT2D eigenvalue weighted by atomic mass is 10.1. The van der Waals surface area contributed by atoms with E-state index in [4.69, 9.17) is 0 Å². The predicted octanol–water partition coefficient (Wildman–Crippen LogP) is -1.40. The highest BCUT2D eigenvalue weighted by Crippen LogP contribution is 1.92. The van der Waals surface area contributed by atoms with Gasteiger partial charge in [0.1, 0.15) is 6.04 Å². The summed E-state index contributed by atoms with van der Waals surface area (Å²) < 4.78 is 0. The van der Waals surface area contributed by atoms with Crippen LogP contribution in [-0.4, -0.2) is 37.0 Å². The quantitative estimate of drug-likeness (QED) is 0.506. The van der Waals surface area contributed by atoms with Crippen molar-refractivity contribution in [1.82, 2.24) is 16.0 Å². The highest BCUT2D eigenvalue weighted by atomic mass is 16.2. The molecule has 74 valence electrons. The predicted molar refractivity (Wildman–Crippen MR) is 48.1 cm³/mol. The van der Waals surface area contributed by atoms with Crippen molar-refractivity contribution >= 4 is 11.8 Å².